The zero-order chi connectivity index (χ0) is 17.5. The van der Waals surface area contributed by atoms with Crippen LogP contribution in [0.5, 0.6) is 5.75 Å². The van der Waals surface area contributed by atoms with Gasteiger partial charge in [-0.05, 0) is 45.3 Å². The molecule has 1 N–H and O–H groups in total. The maximum Gasteiger partial charge on any atom is 0.270 e. The Bertz CT molecular complexity index is 763. The number of aromatic nitrogens is 1. The van der Waals surface area contributed by atoms with Crippen molar-refractivity contribution in [2.24, 2.45) is 5.41 Å². The lowest BCUT2D eigenvalue weighted by Gasteiger charge is -2.48. The van der Waals surface area contributed by atoms with E-state index in [0.29, 0.717) is 22.3 Å². The Morgan fingerprint density at radius 2 is 2.12 bits per heavy atom. The van der Waals surface area contributed by atoms with Gasteiger partial charge >= 0.3 is 0 Å². The molecule has 0 spiro atoms. The molecule has 1 aromatic carbocycles. The number of H-pyrrole nitrogens is 1. The van der Waals surface area contributed by atoms with Crippen LogP contribution in [0.15, 0.2) is 18.2 Å². The second kappa shape index (κ2) is 6.09. The zero-order valence-corrected chi connectivity index (χ0v) is 14.6. The number of methoxy groups -OCH3 is 1. The molecule has 2 aromatic rings. The number of aromatic amines is 1. The van der Waals surface area contributed by atoms with E-state index in [0.717, 1.165) is 26.1 Å². The van der Waals surface area contributed by atoms with Gasteiger partial charge in [0, 0.05) is 23.9 Å². The number of amides is 1. The van der Waals surface area contributed by atoms with Gasteiger partial charge in [-0.1, -0.05) is 6.92 Å². The molecule has 1 aliphatic heterocycles. The van der Waals surface area contributed by atoms with Gasteiger partial charge in [-0.3, -0.25) is 4.79 Å². The number of nitrogens with one attached hydrogen (secondary N) is 1. The molecule has 24 heavy (non-hydrogen) atoms. The molecular formula is C18H24FN3O2. The molecule has 0 aliphatic carbocycles. The summed E-state index contributed by atoms with van der Waals surface area (Å²) in [6, 6.07) is 4.59. The molecule has 0 atom stereocenters. The monoisotopic (exact) mass is 333 g/mol. The van der Waals surface area contributed by atoms with Crippen molar-refractivity contribution in [3.8, 4) is 5.75 Å². The Hall–Kier alpha value is -2.08. The molecule has 1 fully saturated rings. The van der Waals surface area contributed by atoms with Crippen LogP contribution in [-0.4, -0.2) is 61.5 Å². The van der Waals surface area contributed by atoms with E-state index in [1.54, 1.807) is 12.1 Å². The van der Waals surface area contributed by atoms with Crippen LogP contribution in [0.4, 0.5) is 4.39 Å². The third kappa shape index (κ3) is 2.98. The highest BCUT2D eigenvalue weighted by Crippen LogP contribution is 2.35. The van der Waals surface area contributed by atoms with E-state index in [9.17, 15) is 9.18 Å². The molecule has 0 bridgehead atoms. The molecule has 0 unspecified atom stereocenters. The summed E-state index contributed by atoms with van der Waals surface area (Å²) in [6.07, 6.45) is 1.05. The molecule has 5 nitrogen and oxygen atoms in total. The summed E-state index contributed by atoms with van der Waals surface area (Å²) in [7, 11) is 5.64. The summed E-state index contributed by atoms with van der Waals surface area (Å²) in [4.78, 5) is 19.5. The number of carbonyl (C=O) groups is 1. The zero-order valence-electron chi connectivity index (χ0n) is 14.6. The molecule has 1 aromatic heterocycles. The number of hydrogen-bond donors (Lipinski definition) is 1. The molecule has 130 valence electrons. The number of fused-ring (bicyclic) bond motifs is 1. The van der Waals surface area contributed by atoms with Gasteiger partial charge in [-0.25, -0.2) is 4.39 Å². The van der Waals surface area contributed by atoms with Gasteiger partial charge in [0.15, 0.2) is 0 Å². The van der Waals surface area contributed by atoms with Crippen LogP contribution in [0.2, 0.25) is 0 Å². The number of nitrogens with zero attached hydrogens (tertiary/aromatic N) is 2. The predicted octanol–water partition coefficient (Wildman–Crippen LogP) is 2.73. The first-order chi connectivity index (χ1) is 11.3. The fourth-order valence-electron chi connectivity index (χ4n) is 3.29. The van der Waals surface area contributed by atoms with Gasteiger partial charge in [-0.15, -0.1) is 0 Å². The standard InChI is InChI=1S/C18H24FN3O2/c1-18(7-8-21(2)3)10-22(11-18)17(23)14-9-12-15(24-4)6-5-13(19)16(12)20-14/h5-6,9,20H,7-8,10-11H2,1-4H3. The lowest BCUT2D eigenvalue weighted by molar-refractivity contribution is 0.00771. The van der Waals surface area contributed by atoms with Gasteiger partial charge in [0.2, 0.25) is 0 Å². The number of halogens is 1. The van der Waals surface area contributed by atoms with Crippen molar-refractivity contribution in [3.05, 3.63) is 29.7 Å². The van der Waals surface area contributed by atoms with E-state index in [-0.39, 0.29) is 17.1 Å². The molecule has 0 radical (unpaired) electrons. The fraction of sp³-hybridized carbons (Fsp3) is 0.500. The van der Waals surface area contributed by atoms with E-state index >= 15 is 0 Å². The van der Waals surface area contributed by atoms with Crippen LogP contribution < -0.4 is 4.74 Å². The molecule has 6 heteroatoms. The summed E-state index contributed by atoms with van der Waals surface area (Å²) in [5, 5.41) is 0.594. The Morgan fingerprint density at radius 3 is 2.75 bits per heavy atom. The maximum absolute atomic E-state index is 14.0. The SMILES string of the molecule is COc1ccc(F)c2[nH]c(C(=O)N3CC(C)(CCN(C)C)C3)cc12. The minimum absolute atomic E-state index is 0.0880. The average molecular weight is 333 g/mol. The first-order valence-corrected chi connectivity index (χ1v) is 8.12. The topological polar surface area (TPSA) is 48.6 Å². The van der Waals surface area contributed by atoms with Crippen molar-refractivity contribution in [1.82, 2.24) is 14.8 Å². The number of benzene rings is 1. The van der Waals surface area contributed by atoms with Crippen LogP contribution in [0.1, 0.15) is 23.8 Å². The first-order valence-electron chi connectivity index (χ1n) is 8.12. The van der Waals surface area contributed by atoms with Crippen molar-refractivity contribution >= 4 is 16.8 Å². The minimum atomic E-state index is -0.385. The normalized spacial score (nSPS) is 16.5. The number of hydrogen-bond acceptors (Lipinski definition) is 3. The molecule has 3 rings (SSSR count). The number of likely N-dealkylation sites (tertiary alicyclic amines) is 1. The van der Waals surface area contributed by atoms with E-state index in [2.05, 4.69) is 30.9 Å². The van der Waals surface area contributed by atoms with Gasteiger partial charge in [-0.2, -0.15) is 0 Å². The Balaban J connectivity index is 1.75. The molecule has 1 amide bonds. The quantitative estimate of drug-likeness (QED) is 0.915. The van der Waals surface area contributed by atoms with E-state index in [1.165, 1.54) is 13.2 Å². The van der Waals surface area contributed by atoms with Gasteiger partial charge in [0.25, 0.3) is 5.91 Å². The van der Waals surface area contributed by atoms with Crippen molar-refractivity contribution in [3.63, 3.8) is 0 Å². The highest BCUT2D eigenvalue weighted by atomic mass is 19.1. The number of ether oxygens (including phenoxy) is 1. The summed E-state index contributed by atoms with van der Waals surface area (Å²) in [5.41, 5.74) is 0.881. The lowest BCUT2D eigenvalue weighted by Crippen LogP contribution is -2.57. The number of rotatable bonds is 5. The van der Waals surface area contributed by atoms with Crippen LogP contribution in [-0.2, 0) is 0 Å². The molecule has 1 saturated heterocycles. The number of carbonyl (C=O) groups excluding carboxylic acids is 1. The molecule has 1 aliphatic rings. The van der Waals surface area contributed by atoms with E-state index in [1.807, 2.05) is 4.90 Å². The summed E-state index contributed by atoms with van der Waals surface area (Å²) in [6.45, 7) is 4.67. The Morgan fingerprint density at radius 1 is 1.42 bits per heavy atom. The molecular weight excluding hydrogens is 309 g/mol. The second-order valence-electron chi connectivity index (χ2n) is 7.25. The smallest absolute Gasteiger partial charge is 0.270 e. The summed E-state index contributed by atoms with van der Waals surface area (Å²) >= 11 is 0. The molecule has 0 saturated carbocycles. The predicted molar refractivity (Wildman–Crippen MR) is 92.0 cm³/mol. The van der Waals surface area contributed by atoms with Crippen molar-refractivity contribution in [2.45, 2.75) is 13.3 Å². The van der Waals surface area contributed by atoms with Gasteiger partial charge in [0.05, 0.1) is 12.6 Å². The minimum Gasteiger partial charge on any atom is -0.496 e. The third-order valence-corrected chi connectivity index (χ3v) is 4.75. The van der Waals surface area contributed by atoms with Crippen LogP contribution in [0, 0.1) is 11.2 Å². The lowest BCUT2D eigenvalue weighted by atomic mass is 9.78. The highest BCUT2D eigenvalue weighted by Gasteiger charge is 2.41. The van der Waals surface area contributed by atoms with Gasteiger partial charge in [0.1, 0.15) is 17.3 Å². The largest absolute Gasteiger partial charge is 0.496 e. The van der Waals surface area contributed by atoms with Crippen LogP contribution in [0.25, 0.3) is 10.9 Å². The Kier molecular flexibility index (Phi) is 4.25. The van der Waals surface area contributed by atoms with Crippen molar-refractivity contribution < 1.29 is 13.9 Å². The van der Waals surface area contributed by atoms with E-state index in [4.69, 9.17) is 4.74 Å². The fourth-order valence-corrected chi connectivity index (χ4v) is 3.29. The van der Waals surface area contributed by atoms with Crippen molar-refractivity contribution in [1.29, 1.82) is 0 Å². The highest BCUT2D eigenvalue weighted by molar-refractivity contribution is 6.00. The van der Waals surface area contributed by atoms with E-state index < -0.39 is 0 Å². The summed E-state index contributed by atoms with van der Waals surface area (Å²) < 4.78 is 19.2. The van der Waals surface area contributed by atoms with Gasteiger partial charge < -0.3 is 19.5 Å². The Labute approximate surface area is 141 Å². The molecule has 2 heterocycles. The summed E-state index contributed by atoms with van der Waals surface area (Å²) in [5.74, 6) is 0.0837. The second-order valence-corrected chi connectivity index (χ2v) is 7.25. The maximum atomic E-state index is 14.0. The van der Waals surface area contributed by atoms with Crippen LogP contribution >= 0.6 is 0 Å². The average Bonchev–Trinajstić information content (AvgIpc) is 2.96. The van der Waals surface area contributed by atoms with Crippen molar-refractivity contribution in [2.75, 3.05) is 40.8 Å². The first kappa shape index (κ1) is 16.8. The third-order valence-electron chi connectivity index (χ3n) is 4.75. The van der Waals surface area contributed by atoms with Crippen LogP contribution in [0.3, 0.4) is 0 Å².